The van der Waals surface area contributed by atoms with Crippen molar-refractivity contribution in [3.63, 3.8) is 0 Å². The van der Waals surface area contributed by atoms with Gasteiger partial charge in [-0.15, -0.1) is 11.3 Å². The second kappa shape index (κ2) is 7.11. The first-order chi connectivity index (χ1) is 11.7. The lowest BCUT2D eigenvalue weighted by Gasteiger charge is -2.13. The number of nitrogens with zero attached hydrogens (tertiary/aromatic N) is 1. The Morgan fingerprint density at radius 3 is 2.29 bits per heavy atom. The zero-order valence-electron chi connectivity index (χ0n) is 13.4. The van der Waals surface area contributed by atoms with Crippen LogP contribution in [0.25, 0.3) is 10.2 Å². The van der Waals surface area contributed by atoms with E-state index in [-0.39, 0.29) is 5.12 Å². The molecular formula is C17H15NO4S2. The van der Waals surface area contributed by atoms with Gasteiger partial charge in [0, 0.05) is 5.56 Å². The molecule has 0 spiro atoms. The van der Waals surface area contributed by atoms with Gasteiger partial charge in [-0.2, -0.15) is 0 Å². The Hall–Kier alpha value is -2.25. The number of aromatic nitrogens is 1. The average Bonchev–Trinajstić information content (AvgIpc) is 3.02. The van der Waals surface area contributed by atoms with E-state index in [2.05, 4.69) is 4.98 Å². The van der Waals surface area contributed by atoms with Crippen molar-refractivity contribution in [3.8, 4) is 17.2 Å². The minimum atomic E-state index is -0.131. The average molecular weight is 361 g/mol. The van der Waals surface area contributed by atoms with Gasteiger partial charge in [-0.25, -0.2) is 4.98 Å². The number of thiazole rings is 1. The summed E-state index contributed by atoms with van der Waals surface area (Å²) in [5.41, 5.74) is 1.36. The van der Waals surface area contributed by atoms with Crippen LogP contribution in [-0.2, 0) is 0 Å². The third-order valence-corrected chi connectivity index (χ3v) is 5.37. The number of carbonyl (C=O) groups is 1. The first-order valence-corrected chi connectivity index (χ1v) is 8.67. The van der Waals surface area contributed by atoms with Crippen molar-refractivity contribution < 1.29 is 19.0 Å². The van der Waals surface area contributed by atoms with Crippen LogP contribution in [0.3, 0.4) is 0 Å². The molecule has 2 aromatic carbocycles. The molecule has 5 nitrogen and oxygen atoms in total. The van der Waals surface area contributed by atoms with E-state index in [9.17, 15) is 4.79 Å². The summed E-state index contributed by atoms with van der Waals surface area (Å²) in [6, 6.07) is 11.1. The first-order valence-electron chi connectivity index (χ1n) is 7.04. The van der Waals surface area contributed by atoms with Crippen LogP contribution in [-0.4, -0.2) is 31.4 Å². The molecule has 0 aliphatic heterocycles. The van der Waals surface area contributed by atoms with Gasteiger partial charge in [-0.1, -0.05) is 12.1 Å². The summed E-state index contributed by atoms with van der Waals surface area (Å²) in [4.78, 5) is 17.1. The number of hydrogen-bond acceptors (Lipinski definition) is 7. The molecule has 0 unspecified atom stereocenters. The molecule has 0 aliphatic carbocycles. The van der Waals surface area contributed by atoms with Gasteiger partial charge >= 0.3 is 0 Å². The molecule has 0 fully saturated rings. The van der Waals surface area contributed by atoms with Crippen LogP contribution in [0.5, 0.6) is 17.2 Å². The summed E-state index contributed by atoms with van der Waals surface area (Å²) >= 11 is 2.58. The van der Waals surface area contributed by atoms with E-state index in [0.717, 1.165) is 22.0 Å². The monoisotopic (exact) mass is 361 g/mol. The fourth-order valence-electron chi connectivity index (χ4n) is 2.23. The van der Waals surface area contributed by atoms with Gasteiger partial charge < -0.3 is 14.2 Å². The minimum Gasteiger partial charge on any atom is -0.493 e. The van der Waals surface area contributed by atoms with Gasteiger partial charge in [-0.3, -0.25) is 4.79 Å². The number of benzene rings is 2. The number of rotatable bonds is 5. The highest BCUT2D eigenvalue weighted by atomic mass is 32.2. The van der Waals surface area contributed by atoms with Crippen LogP contribution in [0, 0.1) is 0 Å². The summed E-state index contributed by atoms with van der Waals surface area (Å²) in [6.07, 6.45) is 0. The van der Waals surface area contributed by atoms with Crippen LogP contribution in [0.15, 0.2) is 40.7 Å². The largest absolute Gasteiger partial charge is 0.493 e. The predicted octanol–water partition coefficient (Wildman–Crippen LogP) is 4.25. The van der Waals surface area contributed by atoms with Gasteiger partial charge in [-0.05, 0) is 36.0 Å². The summed E-state index contributed by atoms with van der Waals surface area (Å²) in [7, 11) is 4.57. The lowest BCUT2D eigenvalue weighted by Crippen LogP contribution is -2.00. The summed E-state index contributed by atoms with van der Waals surface area (Å²) < 4.78 is 17.6. The predicted molar refractivity (Wildman–Crippen MR) is 95.9 cm³/mol. The molecule has 0 bridgehead atoms. The maximum Gasteiger partial charge on any atom is 0.226 e. The second-order valence-corrected chi connectivity index (χ2v) is 7.00. The molecule has 0 N–H and O–H groups in total. The maximum atomic E-state index is 12.6. The van der Waals surface area contributed by atoms with Gasteiger partial charge in [0.2, 0.25) is 10.9 Å². The van der Waals surface area contributed by atoms with Gasteiger partial charge in [0.1, 0.15) is 0 Å². The molecule has 0 aliphatic rings. The molecule has 0 radical (unpaired) electrons. The van der Waals surface area contributed by atoms with Crippen molar-refractivity contribution in [2.24, 2.45) is 0 Å². The molecule has 0 atom stereocenters. The van der Waals surface area contributed by atoms with E-state index in [1.807, 2.05) is 24.3 Å². The van der Waals surface area contributed by atoms with Crippen molar-refractivity contribution >= 4 is 38.4 Å². The normalized spacial score (nSPS) is 10.6. The van der Waals surface area contributed by atoms with E-state index in [1.165, 1.54) is 32.7 Å². The number of thioether (sulfide) groups is 1. The highest BCUT2D eigenvalue weighted by molar-refractivity contribution is 8.15. The minimum absolute atomic E-state index is 0.131. The molecule has 3 rings (SSSR count). The number of para-hydroxylation sites is 1. The Bertz CT molecular complexity index is 833. The van der Waals surface area contributed by atoms with Crippen LogP contribution < -0.4 is 14.2 Å². The smallest absolute Gasteiger partial charge is 0.226 e. The molecule has 1 heterocycles. The highest BCUT2D eigenvalue weighted by Gasteiger charge is 2.19. The Labute approximate surface area is 147 Å². The molecule has 0 saturated heterocycles. The molecule has 7 heteroatoms. The molecule has 0 saturated carbocycles. The fourth-order valence-corrected chi connectivity index (χ4v) is 4.13. The third-order valence-electron chi connectivity index (χ3n) is 3.35. The van der Waals surface area contributed by atoms with E-state index < -0.39 is 0 Å². The van der Waals surface area contributed by atoms with Crippen molar-refractivity contribution in [2.45, 2.75) is 4.34 Å². The Morgan fingerprint density at radius 1 is 1.04 bits per heavy atom. The summed E-state index contributed by atoms with van der Waals surface area (Å²) in [5.74, 6) is 1.36. The van der Waals surface area contributed by atoms with Crippen LogP contribution in [0.1, 0.15) is 10.4 Å². The van der Waals surface area contributed by atoms with Gasteiger partial charge in [0.05, 0.1) is 31.5 Å². The molecule has 24 heavy (non-hydrogen) atoms. The van der Waals surface area contributed by atoms with E-state index in [4.69, 9.17) is 14.2 Å². The number of hydrogen-bond donors (Lipinski definition) is 0. The topological polar surface area (TPSA) is 57.7 Å². The van der Waals surface area contributed by atoms with Crippen molar-refractivity contribution in [1.29, 1.82) is 0 Å². The summed E-state index contributed by atoms with van der Waals surface area (Å²) in [6.45, 7) is 0. The molecule has 1 aromatic heterocycles. The Morgan fingerprint density at radius 2 is 1.71 bits per heavy atom. The molecule has 124 valence electrons. The van der Waals surface area contributed by atoms with E-state index in [0.29, 0.717) is 27.2 Å². The van der Waals surface area contributed by atoms with Crippen LogP contribution in [0.4, 0.5) is 0 Å². The first kappa shape index (κ1) is 16.6. The zero-order chi connectivity index (χ0) is 17.1. The van der Waals surface area contributed by atoms with Crippen molar-refractivity contribution in [2.75, 3.05) is 21.3 Å². The summed E-state index contributed by atoms with van der Waals surface area (Å²) in [5, 5.41) is -0.131. The number of fused-ring (bicyclic) bond motifs is 1. The van der Waals surface area contributed by atoms with Gasteiger partial charge in [0.15, 0.2) is 15.8 Å². The Kier molecular flexibility index (Phi) is 4.92. The number of carbonyl (C=O) groups excluding carboxylic acids is 1. The van der Waals surface area contributed by atoms with Crippen molar-refractivity contribution in [1.82, 2.24) is 4.98 Å². The number of ether oxygens (including phenoxy) is 3. The highest BCUT2D eigenvalue weighted by Crippen LogP contribution is 2.40. The standard InChI is InChI=1S/C17H15NO4S2/c1-20-12-8-10(9-13(21-2)15(12)22-3)16(19)24-17-18-11-6-4-5-7-14(11)23-17/h4-9H,1-3H3. The molecule has 0 amide bonds. The van der Waals surface area contributed by atoms with E-state index in [1.54, 1.807) is 12.1 Å². The quantitative estimate of drug-likeness (QED) is 0.633. The van der Waals surface area contributed by atoms with Crippen molar-refractivity contribution in [3.05, 3.63) is 42.0 Å². The Balaban J connectivity index is 1.91. The van der Waals surface area contributed by atoms with Crippen LogP contribution >= 0.6 is 23.1 Å². The fraction of sp³-hybridized carbons (Fsp3) is 0.176. The molecule has 3 aromatic rings. The number of methoxy groups -OCH3 is 3. The van der Waals surface area contributed by atoms with Crippen LogP contribution in [0.2, 0.25) is 0 Å². The zero-order valence-corrected chi connectivity index (χ0v) is 15.0. The SMILES string of the molecule is COc1cc(C(=O)Sc2nc3ccccc3s2)cc(OC)c1OC. The lowest BCUT2D eigenvalue weighted by molar-refractivity contribution is 0.108. The van der Waals surface area contributed by atoms with Gasteiger partial charge in [0.25, 0.3) is 0 Å². The molecular weight excluding hydrogens is 346 g/mol. The maximum absolute atomic E-state index is 12.6. The second-order valence-electron chi connectivity index (χ2n) is 4.75. The lowest BCUT2D eigenvalue weighted by atomic mass is 10.2. The third kappa shape index (κ3) is 3.18. The van der Waals surface area contributed by atoms with E-state index >= 15 is 0 Å².